The number of aliphatic hydroxyl groups is 1. The number of quaternary nitrogens is 1. The summed E-state index contributed by atoms with van der Waals surface area (Å²) in [6, 6.07) is 10.2. The minimum Gasteiger partial charge on any atom is -0.461 e. The molecule has 7 atom stereocenters. The topological polar surface area (TPSA) is 59.1 Å². The largest absolute Gasteiger partial charge is 0.461 e. The van der Waals surface area contributed by atoms with Crippen LogP contribution in [-0.2, 0) is 14.3 Å². The predicted octanol–water partition coefficient (Wildman–Crippen LogP) is 1.45. The Morgan fingerprint density at radius 3 is 2.46 bits per heavy atom. The van der Waals surface area contributed by atoms with E-state index in [1.165, 1.54) is 0 Å². The van der Waals surface area contributed by atoms with Gasteiger partial charge in [-0.05, 0) is 12.5 Å². The van der Waals surface area contributed by atoms with E-state index in [9.17, 15) is 9.90 Å². The number of aliphatic hydroxyl groups excluding tert-OH is 1. The molecule has 3 fully saturated rings. The van der Waals surface area contributed by atoms with Crippen molar-refractivity contribution >= 4 is 5.97 Å². The van der Waals surface area contributed by atoms with Gasteiger partial charge in [-0.25, -0.2) is 0 Å². The van der Waals surface area contributed by atoms with Gasteiger partial charge in [0.15, 0.2) is 0 Å². The highest BCUT2D eigenvalue weighted by Crippen LogP contribution is 2.52. The Labute approximate surface area is 142 Å². The number of morpholine rings is 1. The Morgan fingerprint density at radius 1 is 1.29 bits per heavy atom. The molecule has 4 rings (SSSR count). The molecule has 0 saturated carbocycles. The number of likely N-dealkylation sites (N-methyl/N-ethyl adjacent to an activating group) is 1. The molecule has 1 aromatic carbocycles. The second-order valence-electron chi connectivity index (χ2n) is 7.54. The predicted molar refractivity (Wildman–Crippen MR) is 88.3 cm³/mol. The van der Waals surface area contributed by atoms with E-state index in [2.05, 4.69) is 14.0 Å². The fraction of sp³-hybridized carbons (Fsp3) is 0.632. The van der Waals surface area contributed by atoms with Gasteiger partial charge in [0.2, 0.25) is 0 Å². The van der Waals surface area contributed by atoms with E-state index in [1.807, 2.05) is 30.3 Å². The van der Waals surface area contributed by atoms with Gasteiger partial charge in [0, 0.05) is 12.8 Å². The number of rotatable bonds is 5. The zero-order valence-electron chi connectivity index (χ0n) is 14.3. The minimum absolute atomic E-state index is 0.0561. The van der Waals surface area contributed by atoms with E-state index in [1.54, 1.807) is 0 Å². The summed E-state index contributed by atoms with van der Waals surface area (Å²) in [6.45, 7) is 3.10. The number of nitrogens with zero attached hydrogens (tertiary/aromatic N) is 1. The zero-order valence-corrected chi connectivity index (χ0v) is 14.3. The first-order chi connectivity index (χ1) is 11.6. The standard InChI is InChI=1S/C19H26NO4/c1-3-20(2)15-9-13(10-16(20)18-17(15)24-18)23-19(22)14(11-21)12-7-5-4-6-8-12/h4-8,13-18,21H,3,9-11H2,1-2H3/q+1/t13?,14-,15?,16?,17-,18+,20?/m1/s1. The second kappa shape index (κ2) is 5.83. The number of hydrogen-bond donors (Lipinski definition) is 1. The van der Waals surface area contributed by atoms with Crippen molar-refractivity contribution in [3.8, 4) is 0 Å². The normalized spacial score (nSPS) is 40.7. The lowest BCUT2D eigenvalue weighted by Gasteiger charge is -2.47. The first-order valence-electron chi connectivity index (χ1n) is 8.95. The fourth-order valence-electron chi connectivity index (χ4n) is 4.87. The molecule has 0 aliphatic carbocycles. The van der Waals surface area contributed by atoms with Crippen molar-refractivity contribution in [2.45, 2.75) is 56.1 Å². The van der Waals surface area contributed by atoms with Crippen LogP contribution >= 0.6 is 0 Å². The molecule has 5 nitrogen and oxygen atoms in total. The maximum absolute atomic E-state index is 12.6. The Hall–Kier alpha value is -1.43. The number of piperidine rings is 1. The third kappa shape index (κ3) is 2.38. The molecule has 3 saturated heterocycles. The zero-order chi connectivity index (χ0) is 16.9. The number of epoxide rings is 1. The van der Waals surface area contributed by atoms with Crippen LogP contribution in [0.2, 0.25) is 0 Å². The molecule has 3 aliphatic rings. The van der Waals surface area contributed by atoms with Crippen LogP contribution in [0.25, 0.3) is 0 Å². The van der Waals surface area contributed by atoms with E-state index in [4.69, 9.17) is 9.47 Å². The van der Waals surface area contributed by atoms with Crippen molar-refractivity contribution in [2.75, 3.05) is 20.2 Å². The van der Waals surface area contributed by atoms with Gasteiger partial charge >= 0.3 is 5.97 Å². The van der Waals surface area contributed by atoms with Crippen molar-refractivity contribution < 1.29 is 23.9 Å². The molecule has 3 heterocycles. The van der Waals surface area contributed by atoms with Crippen molar-refractivity contribution in [1.29, 1.82) is 0 Å². The quantitative estimate of drug-likeness (QED) is 0.504. The van der Waals surface area contributed by atoms with Crippen LogP contribution in [0.15, 0.2) is 30.3 Å². The highest BCUT2D eigenvalue weighted by molar-refractivity contribution is 5.78. The molecule has 0 aromatic heterocycles. The summed E-state index contributed by atoms with van der Waals surface area (Å²) in [4.78, 5) is 12.6. The monoisotopic (exact) mass is 332 g/mol. The highest BCUT2D eigenvalue weighted by atomic mass is 16.6. The third-order valence-corrected chi connectivity index (χ3v) is 6.48. The molecule has 0 spiro atoms. The number of carbonyl (C=O) groups is 1. The van der Waals surface area contributed by atoms with Gasteiger partial charge in [0.25, 0.3) is 0 Å². The highest BCUT2D eigenvalue weighted by Gasteiger charge is 2.71. The maximum Gasteiger partial charge on any atom is 0.316 e. The van der Waals surface area contributed by atoms with E-state index in [-0.39, 0.29) is 18.7 Å². The summed E-state index contributed by atoms with van der Waals surface area (Å²) in [7, 11) is 2.31. The fourth-order valence-corrected chi connectivity index (χ4v) is 4.87. The molecule has 24 heavy (non-hydrogen) atoms. The third-order valence-electron chi connectivity index (χ3n) is 6.48. The van der Waals surface area contributed by atoms with Gasteiger partial charge in [-0.3, -0.25) is 4.79 Å². The van der Waals surface area contributed by atoms with Crippen LogP contribution in [0, 0.1) is 0 Å². The molecule has 1 aromatic rings. The van der Waals surface area contributed by atoms with Gasteiger partial charge < -0.3 is 19.1 Å². The number of benzene rings is 1. The molecule has 3 aliphatic heterocycles. The van der Waals surface area contributed by atoms with Crippen LogP contribution in [-0.4, -0.2) is 66.2 Å². The first-order valence-corrected chi connectivity index (χ1v) is 8.95. The minimum atomic E-state index is -0.594. The molecule has 0 amide bonds. The van der Waals surface area contributed by atoms with Crippen LogP contribution in [0.3, 0.4) is 0 Å². The summed E-state index contributed by atoms with van der Waals surface area (Å²) in [5.74, 6) is -0.904. The number of carbonyl (C=O) groups excluding carboxylic acids is 1. The molecular formula is C19H26NO4+. The maximum atomic E-state index is 12.6. The average molecular weight is 332 g/mol. The number of hydrogen-bond acceptors (Lipinski definition) is 4. The Morgan fingerprint density at radius 2 is 1.92 bits per heavy atom. The summed E-state index contributed by atoms with van der Waals surface area (Å²) < 4.78 is 12.7. The van der Waals surface area contributed by atoms with Gasteiger partial charge in [-0.15, -0.1) is 0 Å². The van der Waals surface area contributed by atoms with E-state index >= 15 is 0 Å². The lowest BCUT2D eigenvalue weighted by Crippen LogP contribution is -2.62. The molecule has 0 radical (unpaired) electrons. The van der Waals surface area contributed by atoms with E-state index < -0.39 is 5.92 Å². The van der Waals surface area contributed by atoms with Crippen LogP contribution in [0.5, 0.6) is 0 Å². The summed E-state index contributed by atoms with van der Waals surface area (Å²) in [5.41, 5.74) is 0.809. The number of esters is 1. The lowest BCUT2D eigenvalue weighted by molar-refractivity contribution is -0.954. The molecule has 4 unspecified atom stereocenters. The Kier molecular flexibility index (Phi) is 3.90. The molecule has 5 heteroatoms. The lowest BCUT2D eigenvalue weighted by atomic mass is 9.95. The summed E-state index contributed by atoms with van der Waals surface area (Å²) in [5, 5.41) is 9.64. The Balaban J connectivity index is 1.44. The van der Waals surface area contributed by atoms with Crippen LogP contribution < -0.4 is 0 Å². The van der Waals surface area contributed by atoms with Crippen molar-refractivity contribution in [3.63, 3.8) is 0 Å². The van der Waals surface area contributed by atoms with Crippen molar-refractivity contribution in [2.24, 2.45) is 0 Å². The van der Waals surface area contributed by atoms with Gasteiger partial charge in [0.05, 0.1) is 20.2 Å². The summed E-state index contributed by atoms with van der Waals surface area (Å²) >= 11 is 0. The molecular weight excluding hydrogens is 306 g/mol. The second-order valence-corrected chi connectivity index (χ2v) is 7.54. The number of fused-ring (bicyclic) bond motifs is 5. The average Bonchev–Trinajstić information content (AvgIpc) is 3.35. The van der Waals surface area contributed by atoms with Crippen molar-refractivity contribution in [3.05, 3.63) is 35.9 Å². The smallest absolute Gasteiger partial charge is 0.316 e. The van der Waals surface area contributed by atoms with E-state index in [0.29, 0.717) is 24.3 Å². The van der Waals surface area contributed by atoms with Crippen LogP contribution in [0.1, 0.15) is 31.2 Å². The van der Waals surface area contributed by atoms with Gasteiger partial charge in [0.1, 0.15) is 36.3 Å². The summed E-state index contributed by atoms with van der Waals surface area (Å²) in [6.07, 6.45) is 2.37. The SMILES string of the molecule is CC[N+]1(C)C2CC(OC(=O)[C@H](CO)c3ccccc3)CC1[C@@H]1O[C@H]21. The Bertz CT molecular complexity index is 601. The molecule has 130 valence electrons. The van der Waals surface area contributed by atoms with Crippen LogP contribution in [0.4, 0.5) is 0 Å². The number of ether oxygens (including phenoxy) is 2. The van der Waals surface area contributed by atoms with Gasteiger partial charge in [-0.1, -0.05) is 30.3 Å². The van der Waals surface area contributed by atoms with Crippen molar-refractivity contribution in [1.82, 2.24) is 0 Å². The van der Waals surface area contributed by atoms with E-state index in [0.717, 1.165) is 29.4 Å². The first kappa shape index (κ1) is 16.1. The molecule has 2 bridgehead atoms. The molecule has 1 N–H and O–H groups in total. The van der Waals surface area contributed by atoms with Gasteiger partial charge in [-0.2, -0.15) is 0 Å².